The maximum Gasteiger partial charge on any atom is 0.339 e. The summed E-state index contributed by atoms with van der Waals surface area (Å²) in [6, 6.07) is 9.11. The van der Waals surface area contributed by atoms with E-state index in [4.69, 9.17) is 10.00 Å². The number of nitriles is 1. The van der Waals surface area contributed by atoms with Crippen molar-refractivity contribution in [3.05, 3.63) is 45.9 Å². The van der Waals surface area contributed by atoms with Crippen molar-refractivity contribution in [2.75, 3.05) is 20.2 Å². The van der Waals surface area contributed by atoms with Crippen molar-refractivity contribution >= 4 is 35.0 Å². The highest BCUT2D eigenvalue weighted by Gasteiger charge is 2.16. The number of carbonyl (C=O) groups excluding carboxylic acids is 2. The van der Waals surface area contributed by atoms with Crippen LogP contribution in [0, 0.1) is 18.3 Å². The van der Waals surface area contributed by atoms with Gasteiger partial charge in [-0.2, -0.15) is 5.26 Å². The van der Waals surface area contributed by atoms with Crippen LogP contribution in [0.5, 0.6) is 0 Å². The molecule has 136 valence electrons. The predicted octanol–water partition coefficient (Wildman–Crippen LogP) is 3.27. The van der Waals surface area contributed by atoms with Crippen LogP contribution in [0.4, 0.5) is 0 Å². The first kappa shape index (κ1) is 19.9. The summed E-state index contributed by atoms with van der Waals surface area (Å²) < 4.78 is 5.15. The van der Waals surface area contributed by atoms with Gasteiger partial charge in [0.25, 0.3) is 5.91 Å². The van der Waals surface area contributed by atoms with Crippen LogP contribution >= 0.6 is 23.1 Å². The summed E-state index contributed by atoms with van der Waals surface area (Å²) in [5.41, 5.74) is 1.40. The molecule has 0 fully saturated rings. The second-order valence-corrected chi connectivity index (χ2v) is 7.52. The highest BCUT2D eigenvalue weighted by molar-refractivity contribution is 7.98. The molecule has 0 saturated heterocycles. The average Bonchev–Trinajstić information content (AvgIpc) is 3.07. The first-order valence-corrected chi connectivity index (χ1v) is 9.78. The van der Waals surface area contributed by atoms with E-state index in [1.165, 1.54) is 16.7 Å². The lowest BCUT2D eigenvalue weighted by Gasteiger charge is -2.15. The molecule has 6 nitrogen and oxygen atoms in total. The fraction of sp³-hybridized carbons (Fsp3) is 0.333. The molecule has 1 aromatic heterocycles. The van der Waals surface area contributed by atoms with Crippen molar-refractivity contribution in [2.24, 2.45) is 0 Å². The maximum atomic E-state index is 12.3. The Morgan fingerprint density at radius 2 is 2.15 bits per heavy atom. The van der Waals surface area contributed by atoms with Crippen LogP contribution in [-0.2, 0) is 15.3 Å². The number of esters is 1. The molecule has 0 saturated carbocycles. The maximum absolute atomic E-state index is 12.3. The summed E-state index contributed by atoms with van der Waals surface area (Å²) in [5, 5.41) is 11.6. The smallest absolute Gasteiger partial charge is 0.339 e. The predicted molar refractivity (Wildman–Crippen MR) is 101 cm³/mol. The van der Waals surface area contributed by atoms with Crippen molar-refractivity contribution in [1.29, 1.82) is 5.26 Å². The van der Waals surface area contributed by atoms with Gasteiger partial charge in [-0.15, -0.1) is 23.1 Å². The molecule has 0 spiro atoms. The monoisotopic (exact) mass is 389 g/mol. The normalized spacial score (nSPS) is 10.2. The largest absolute Gasteiger partial charge is 0.452 e. The lowest BCUT2D eigenvalue weighted by molar-refractivity contribution is -0.133. The van der Waals surface area contributed by atoms with Crippen molar-refractivity contribution < 1.29 is 14.3 Å². The second-order valence-electron chi connectivity index (χ2n) is 5.44. The zero-order valence-corrected chi connectivity index (χ0v) is 16.2. The Labute approximate surface area is 160 Å². The number of hydrogen-bond acceptors (Lipinski definition) is 7. The van der Waals surface area contributed by atoms with Gasteiger partial charge in [-0.25, -0.2) is 9.78 Å². The summed E-state index contributed by atoms with van der Waals surface area (Å²) in [5.74, 6) is -0.217. The van der Waals surface area contributed by atoms with Gasteiger partial charge in [-0.3, -0.25) is 4.79 Å². The van der Waals surface area contributed by atoms with E-state index < -0.39 is 5.97 Å². The average molecular weight is 390 g/mol. The number of amides is 1. The van der Waals surface area contributed by atoms with E-state index in [0.717, 1.165) is 15.6 Å². The number of hydrogen-bond donors (Lipinski definition) is 0. The van der Waals surface area contributed by atoms with E-state index in [2.05, 4.69) is 4.98 Å². The molecular formula is C18H19N3O3S2. The minimum atomic E-state index is -0.537. The van der Waals surface area contributed by atoms with E-state index in [9.17, 15) is 9.59 Å². The van der Waals surface area contributed by atoms with Crippen LogP contribution in [0.3, 0.4) is 0 Å². The second kappa shape index (κ2) is 9.94. The van der Waals surface area contributed by atoms with Gasteiger partial charge in [0, 0.05) is 29.6 Å². The molecule has 0 unspecified atom stereocenters. The minimum absolute atomic E-state index is 0.242. The Morgan fingerprint density at radius 3 is 2.85 bits per heavy atom. The summed E-state index contributed by atoms with van der Waals surface area (Å²) in [7, 11) is 1.58. The number of thiazole rings is 1. The number of aryl methyl sites for hydroxylation is 1. The van der Waals surface area contributed by atoms with Gasteiger partial charge in [0.1, 0.15) is 0 Å². The Bertz CT molecular complexity index is 814. The van der Waals surface area contributed by atoms with E-state index in [1.807, 2.05) is 30.5 Å². The third-order valence-electron chi connectivity index (χ3n) is 3.46. The van der Waals surface area contributed by atoms with Crippen LogP contribution in [0.2, 0.25) is 0 Å². The number of carbonyl (C=O) groups is 2. The van der Waals surface area contributed by atoms with E-state index in [-0.39, 0.29) is 18.9 Å². The van der Waals surface area contributed by atoms with Crippen molar-refractivity contribution in [1.82, 2.24) is 9.88 Å². The summed E-state index contributed by atoms with van der Waals surface area (Å²) in [4.78, 5) is 30.8. The Balaban J connectivity index is 1.94. The van der Waals surface area contributed by atoms with Crippen LogP contribution in [0.25, 0.3) is 0 Å². The zero-order valence-electron chi connectivity index (χ0n) is 14.6. The molecule has 0 aliphatic carbocycles. The first-order valence-electron chi connectivity index (χ1n) is 7.92. The number of benzene rings is 1. The highest BCUT2D eigenvalue weighted by Crippen LogP contribution is 2.27. The number of likely N-dealkylation sites (N-methyl/N-ethyl adjacent to an activating group) is 1. The molecule has 1 aromatic carbocycles. The van der Waals surface area contributed by atoms with Gasteiger partial charge < -0.3 is 9.64 Å². The molecule has 26 heavy (non-hydrogen) atoms. The van der Waals surface area contributed by atoms with Crippen LogP contribution in [-0.4, -0.2) is 42.0 Å². The molecule has 8 heteroatoms. The Hall–Kier alpha value is -2.37. The van der Waals surface area contributed by atoms with Gasteiger partial charge >= 0.3 is 5.97 Å². The fourth-order valence-electron chi connectivity index (χ4n) is 2.05. The molecule has 0 aliphatic rings. The van der Waals surface area contributed by atoms with Crippen LogP contribution < -0.4 is 0 Å². The lowest BCUT2D eigenvalue weighted by atomic mass is 10.2. The standard InChI is InChI=1S/C18H19N3O3S2/c1-13-20-14(11-25-13)12-26-16-7-4-3-6-15(16)18(23)24-10-17(22)21(2)9-5-8-19/h3-4,6-7,11H,5,9-10,12H2,1-2H3. The quantitative estimate of drug-likeness (QED) is 0.509. The zero-order chi connectivity index (χ0) is 18.9. The third-order valence-corrected chi connectivity index (χ3v) is 5.39. The van der Waals surface area contributed by atoms with Gasteiger partial charge in [-0.05, 0) is 19.1 Å². The van der Waals surface area contributed by atoms with Gasteiger partial charge in [0.2, 0.25) is 0 Å². The highest BCUT2D eigenvalue weighted by atomic mass is 32.2. The minimum Gasteiger partial charge on any atom is -0.452 e. The Morgan fingerprint density at radius 1 is 1.38 bits per heavy atom. The molecule has 1 heterocycles. The molecule has 1 amide bonds. The number of aromatic nitrogens is 1. The summed E-state index contributed by atoms with van der Waals surface area (Å²) in [6.45, 7) is 1.92. The van der Waals surface area contributed by atoms with Gasteiger partial charge in [0.05, 0.1) is 28.8 Å². The van der Waals surface area contributed by atoms with E-state index in [0.29, 0.717) is 17.9 Å². The van der Waals surface area contributed by atoms with Crippen molar-refractivity contribution in [3.63, 3.8) is 0 Å². The van der Waals surface area contributed by atoms with Crippen molar-refractivity contribution in [3.8, 4) is 6.07 Å². The third kappa shape index (κ3) is 5.86. The number of ether oxygens (including phenoxy) is 1. The number of rotatable bonds is 8. The summed E-state index contributed by atoms with van der Waals surface area (Å²) in [6.07, 6.45) is 0.242. The molecule has 0 atom stereocenters. The fourth-order valence-corrected chi connectivity index (χ4v) is 3.70. The molecule has 0 bridgehead atoms. The number of thioether (sulfide) groups is 1. The molecule has 2 aromatic rings. The van der Waals surface area contributed by atoms with Gasteiger partial charge in [0.15, 0.2) is 6.61 Å². The molecule has 0 N–H and O–H groups in total. The lowest BCUT2D eigenvalue weighted by Crippen LogP contribution is -2.32. The van der Waals surface area contributed by atoms with Gasteiger partial charge in [-0.1, -0.05) is 12.1 Å². The molecular weight excluding hydrogens is 370 g/mol. The topological polar surface area (TPSA) is 83.3 Å². The first-order chi connectivity index (χ1) is 12.5. The Kier molecular flexibility index (Phi) is 7.63. The SMILES string of the molecule is Cc1nc(CSc2ccccc2C(=O)OCC(=O)N(C)CCC#N)cs1. The number of nitrogens with zero attached hydrogens (tertiary/aromatic N) is 3. The molecule has 0 aliphatic heterocycles. The molecule has 0 radical (unpaired) electrons. The van der Waals surface area contributed by atoms with Crippen LogP contribution in [0.15, 0.2) is 34.5 Å². The van der Waals surface area contributed by atoms with E-state index >= 15 is 0 Å². The van der Waals surface area contributed by atoms with Crippen molar-refractivity contribution in [2.45, 2.75) is 24.0 Å². The van der Waals surface area contributed by atoms with E-state index in [1.54, 1.807) is 30.5 Å². The summed E-state index contributed by atoms with van der Waals surface area (Å²) >= 11 is 3.10. The molecule has 2 rings (SSSR count). The van der Waals surface area contributed by atoms with Crippen LogP contribution in [0.1, 0.15) is 27.5 Å².